The van der Waals surface area contributed by atoms with Gasteiger partial charge in [-0.25, -0.2) is 9.37 Å². The summed E-state index contributed by atoms with van der Waals surface area (Å²) in [6.07, 6.45) is 1.35. The van der Waals surface area contributed by atoms with Gasteiger partial charge in [-0.1, -0.05) is 11.6 Å². The molecule has 0 radical (unpaired) electrons. The van der Waals surface area contributed by atoms with E-state index >= 15 is 0 Å². The van der Waals surface area contributed by atoms with E-state index < -0.39 is 12.9 Å². The molecule has 92 valence electrons. The zero-order valence-corrected chi connectivity index (χ0v) is 9.80. The van der Waals surface area contributed by atoms with E-state index in [0.29, 0.717) is 0 Å². The van der Waals surface area contributed by atoms with Crippen LogP contribution < -0.4 is 10.2 Å². The van der Waals surface area contributed by atoms with Crippen LogP contribution in [-0.4, -0.2) is 22.2 Å². The normalized spacial score (nSPS) is 10.2. The van der Waals surface area contributed by atoms with Gasteiger partial charge in [0.25, 0.3) is 0 Å². The third kappa shape index (κ3) is 3.19. The number of pyridine rings is 1. The van der Waals surface area contributed by atoms with Crippen molar-refractivity contribution >= 4 is 24.2 Å². The molecule has 1 aromatic carbocycles. The summed E-state index contributed by atoms with van der Waals surface area (Å²) in [5.74, 6) is -0.241. The van der Waals surface area contributed by atoms with Gasteiger partial charge in [-0.05, 0) is 23.7 Å². The van der Waals surface area contributed by atoms with Crippen LogP contribution in [0.5, 0.6) is 11.6 Å². The van der Waals surface area contributed by atoms with Gasteiger partial charge in [-0.15, -0.1) is 0 Å². The standard InChI is InChI=1S/C11H8BClFNO3/c13-8-4-9(14)6-10(5-8)18-11-3-7(12(16)17)1-2-15-11/h1-6,16-17H. The molecule has 0 aliphatic rings. The fourth-order valence-electron chi connectivity index (χ4n) is 1.35. The maximum absolute atomic E-state index is 13.1. The molecule has 7 heteroatoms. The second-order valence-corrected chi connectivity index (χ2v) is 3.94. The zero-order valence-electron chi connectivity index (χ0n) is 9.05. The van der Waals surface area contributed by atoms with Crippen LogP contribution in [0.15, 0.2) is 36.5 Å². The SMILES string of the molecule is OB(O)c1ccnc(Oc2cc(F)cc(Cl)c2)c1. The van der Waals surface area contributed by atoms with Crippen LogP contribution in [-0.2, 0) is 0 Å². The van der Waals surface area contributed by atoms with Crippen LogP contribution in [0.25, 0.3) is 0 Å². The fraction of sp³-hybridized carbons (Fsp3) is 0. The maximum Gasteiger partial charge on any atom is 0.488 e. The number of hydrogen-bond donors (Lipinski definition) is 2. The van der Waals surface area contributed by atoms with Gasteiger partial charge in [-0.3, -0.25) is 0 Å². The topological polar surface area (TPSA) is 62.6 Å². The van der Waals surface area contributed by atoms with Crippen LogP contribution in [0.3, 0.4) is 0 Å². The highest BCUT2D eigenvalue weighted by atomic mass is 35.5. The number of halogens is 2. The van der Waals surface area contributed by atoms with Crippen LogP contribution in [0.1, 0.15) is 0 Å². The quantitative estimate of drug-likeness (QED) is 0.824. The van der Waals surface area contributed by atoms with Crippen molar-refractivity contribution in [2.24, 2.45) is 0 Å². The van der Waals surface area contributed by atoms with E-state index in [-0.39, 0.29) is 22.1 Å². The van der Waals surface area contributed by atoms with Gasteiger partial charge in [-0.2, -0.15) is 0 Å². The molecule has 1 aromatic heterocycles. The highest BCUT2D eigenvalue weighted by molar-refractivity contribution is 6.58. The monoisotopic (exact) mass is 267 g/mol. The van der Waals surface area contributed by atoms with Gasteiger partial charge >= 0.3 is 7.12 Å². The highest BCUT2D eigenvalue weighted by Crippen LogP contribution is 2.23. The van der Waals surface area contributed by atoms with E-state index in [9.17, 15) is 4.39 Å². The molecule has 0 unspecified atom stereocenters. The van der Waals surface area contributed by atoms with E-state index in [1.54, 1.807) is 0 Å². The predicted molar refractivity (Wildman–Crippen MR) is 65.5 cm³/mol. The summed E-state index contributed by atoms with van der Waals surface area (Å²) in [5, 5.41) is 18.2. The van der Waals surface area contributed by atoms with E-state index in [1.165, 1.54) is 24.4 Å². The van der Waals surface area contributed by atoms with Gasteiger partial charge in [0.2, 0.25) is 5.88 Å². The van der Waals surface area contributed by atoms with Crippen LogP contribution in [0, 0.1) is 5.82 Å². The maximum atomic E-state index is 13.1. The number of nitrogens with zero attached hydrogens (tertiary/aromatic N) is 1. The number of ether oxygens (including phenoxy) is 1. The second-order valence-electron chi connectivity index (χ2n) is 3.51. The minimum atomic E-state index is -1.62. The predicted octanol–water partition coefficient (Wildman–Crippen LogP) is 1.35. The van der Waals surface area contributed by atoms with Gasteiger partial charge in [0.15, 0.2) is 0 Å². The molecule has 4 nitrogen and oxygen atoms in total. The Balaban J connectivity index is 2.25. The molecule has 0 aliphatic carbocycles. The van der Waals surface area contributed by atoms with Crippen molar-refractivity contribution in [2.75, 3.05) is 0 Å². The fourth-order valence-corrected chi connectivity index (χ4v) is 1.56. The molecule has 0 saturated carbocycles. The molecule has 0 fully saturated rings. The van der Waals surface area contributed by atoms with Crippen molar-refractivity contribution in [2.45, 2.75) is 0 Å². The van der Waals surface area contributed by atoms with Crippen LogP contribution in [0.4, 0.5) is 4.39 Å². The molecular weight excluding hydrogens is 259 g/mol. The Bertz CT molecular complexity index is 547. The lowest BCUT2D eigenvalue weighted by molar-refractivity contribution is 0.424. The van der Waals surface area contributed by atoms with Gasteiger partial charge < -0.3 is 14.8 Å². The zero-order chi connectivity index (χ0) is 13.1. The van der Waals surface area contributed by atoms with Gasteiger partial charge in [0, 0.05) is 23.4 Å². The summed E-state index contributed by atoms with van der Waals surface area (Å²) < 4.78 is 18.3. The van der Waals surface area contributed by atoms with Crippen molar-refractivity contribution in [3.8, 4) is 11.6 Å². The Hall–Kier alpha value is -1.63. The highest BCUT2D eigenvalue weighted by Gasteiger charge is 2.12. The van der Waals surface area contributed by atoms with Crippen molar-refractivity contribution < 1.29 is 19.2 Å². The average molecular weight is 267 g/mol. The number of aromatic nitrogens is 1. The van der Waals surface area contributed by atoms with Gasteiger partial charge in [0.05, 0.1) is 0 Å². The molecule has 0 bridgehead atoms. The lowest BCUT2D eigenvalue weighted by Gasteiger charge is -2.06. The van der Waals surface area contributed by atoms with E-state index in [2.05, 4.69) is 4.98 Å². The lowest BCUT2D eigenvalue weighted by Crippen LogP contribution is -2.29. The Morgan fingerprint density at radius 1 is 1.22 bits per heavy atom. The Kier molecular flexibility index (Phi) is 3.81. The molecular formula is C11H8BClFNO3. The molecule has 0 aliphatic heterocycles. The van der Waals surface area contributed by atoms with E-state index in [1.807, 2.05) is 0 Å². The molecule has 0 atom stereocenters. The Morgan fingerprint density at radius 3 is 2.67 bits per heavy atom. The Morgan fingerprint density at radius 2 is 2.00 bits per heavy atom. The van der Waals surface area contributed by atoms with Crippen LogP contribution in [0.2, 0.25) is 5.02 Å². The van der Waals surface area contributed by atoms with Crippen molar-refractivity contribution in [3.63, 3.8) is 0 Å². The first kappa shape index (κ1) is 12.8. The van der Waals surface area contributed by atoms with Crippen LogP contribution >= 0.6 is 11.6 Å². The molecule has 2 aromatic rings. The number of rotatable bonds is 3. The molecule has 0 amide bonds. The second kappa shape index (κ2) is 5.35. The first-order chi connectivity index (χ1) is 8.54. The molecule has 2 rings (SSSR count). The molecule has 2 N–H and O–H groups in total. The molecule has 0 spiro atoms. The van der Waals surface area contributed by atoms with E-state index in [0.717, 1.165) is 12.1 Å². The number of hydrogen-bond acceptors (Lipinski definition) is 4. The first-order valence-electron chi connectivity index (χ1n) is 5.00. The minimum absolute atomic E-state index is 0.113. The van der Waals surface area contributed by atoms with Crippen molar-refractivity contribution in [1.82, 2.24) is 4.98 Å². The lowest BCUT2D eigenvalue weighted by atomic mass is 9.81. The summed E-state index contributed by atoms with van der Waals surface area (Å²) in [7, 11) is -1.62. The first-order valence-corrected chi connectivity index (χ1v) is 5.38. The Labute approximate surface area is 108 Å². The van der Waals surface area contributed by atoms with Crippen molar-refractivity contribution in [1.29, 1.82) is 0 Å². The minimum Gasteiger partial charge on any atom is -0.439 e. The summed E-state index contributed by atoms with van der Waals surface area (Å²) in [6, 6.07) is 6.49. The smallest absolute Gasteiger partial charge is 0.439 e. The van der Waals surface area contributed by atoms with Crippen molar-refractivity contribution in [3.05, 3.63) is 47.4 Å². The summed E-state index contributed by atoms with van der Waals surface area (Å²) in [4.78, 5) is 3.87. The number of benzene rings is 1. The third-order valence-electron chi connectivity index (χ3n) is 2.12. The molecule has 1 heterocycles. The summed E-state index contributed by atoms with van der Waals surface area (Å²) in [6.45, 7) is 0. The summed E-state index contributed by atoms with van der Waals surface area (Å²) in [5.41, 5.74) is 0.225. The summed E-state index contributed by atoms with van der Waals surface area (Å²) >= 11 is 5.68. The van der Waals surface area contributed by atoms with E-state index in [4.69, 9.17) is 26.4 Å². The largest absolute Gasteiger partial charge is 0.488 e. The molecule has 18 heavy (non-hydrogen) atoms. The van der Waals surface area contributed by atoms with Gasteiger partial charge in [0.1, 0.15) is 11.6 Å². The third-order valence-corrected chi connectivity index (χ3v) is 2.33. The average Bonchev–Trinajstić information content (AvgIpc) is 2.27. The molecule has 0 saturated heterocycles.